The van der Waals surface area contributed by atoms with Gasteiger partial charge in [0.15, 0.2) is 0 Å². The van der Waals surface area contributed by atoms with E-state index in [2.05, 4.69) is 10.5 Å². The van der Waals surface area contributed by atoms with Gasteiger partial charge in [-0.05, 0) is 43.7 Å². The fourth-order valence-electron chi connectivity index (χ4n) is 3.36. The largest absolute Gasteiger partial charge is 0.497 e. The molecule has 0 spiro atoms. The topological polar surface area (TPSA) is 102 Å². The first kappa shape index (κ1) is 19.3. The SMILES string of the molecule is COc1ccc(Nc2c(-c3cnoc3)c(C)nn2-c2ccccc2C)c(C(=O)O)c1. The zero-order chi connectivity index (χ0) is 21.3. The zero-order valence-corrected chi connectivity index (χ0v) is 16.7. The van der Waals surface area contributed by atoms with Crippen molar-refractivity contribution in [3.63, 3.8) is 0 Å². The molecule has 0 aliphatic rings. The molecule has 4 rings (SSSR count). The van der Waals surface area contributed by atoms with Crippen molar-refractivity contribution >= 4 is 17.5 Å². The molecule has 0 unspecified atom stereocenters. The summed E-state index contributed by atoms with van der Waals surface area (Å²) in [5, 5.41) is 21.5. The molecule has 8 nitrogen and oxygen atoms in total. The van der Waals surface area contributed by atoms with Crippen molar-refractivity contribution in [2.24, 2.45) is 0 Å². The van der Waals surface area contributed by atoms with Crippen LogP contribution in [-0.2, 0) is 0 Å². The lowest BCUT2D eigenvalue weighted by Crippen LogP contribution is -2.08. The average molecular weight is 404 g/mol. The summed E-state index contributed by atoms with van der Waals surface area (Å²) in [7, 11) is 1.49. The third-order valence-electron chi connectivity index (χ3n) is 4.84. The first-order valence-corrected chi connectivity index (χ1v) is 9.23. The number of ether oxygens (including phenoxy) is 1. The third kappa shape index (κ3) is 3.39. The first-order chi connectivity index (χ1) is 14.5. The number of hydrogen-bond donors (Lipinski definition) is 2. The van der Waals surface area contributed by atoms with Crippen molar-refractivity contribution in [2.45, 2.75) is 13.8 Å². The van der Waals surface area contributed by atoms with E-state index < -0.39 is 5.97 Å². The highest BCUT2D eigenvalue weighted by molar-refractivity contribution is 5.96. The minimum Gasteiger partial charge on any atom is -0.497 e. The van der Waals surface area contributed by atoms with Gasteiger partial charge in [-0.25, -0.2) is 9.48 Å². The molecule has 0 aliphatic heterocycles. The Labute approximate surface area is 172 Å². The second-order valence-corrected chi connectivity index (χ2v) is 6.76. The number of methoxy groups -OCH3 is 1. The fraction of sp³-hybridized carbons (Fsp3) is 0.136. The monoisotopic (exact) mass is 404 g/mol. The lowest BCUT2D eigenvalue weighted by Gasteiger charge is -2.15. The van der Waals surface area contributed by atoms with E-state index in [0.717, 1.165) is 28.1 Å². The number of carbonyl (C=O) groups is 1. The van der Waals surface area contributed by atoms with E-state index in [4.69, 9.17) is 14.4 Å². The van der Waals surface area contributed by atoms with Crippen LogP contribution in [0, 0.1) is 13.8 Å². The summed E-state index contributed by atoms with van der Waals surface area (Å²) in [5.74, 6) is 0.0000682. The number of nitrogens with one attached hydrogen (secondary N) is 1. The maximum absolute atomic E-state index is 11.9. The second-order valence-electron chi connectivity index (χ2n) is 6.76. The van der Waals surface area contributed by atoms with Gasteiger partial charge in [-0.3, -0.25) is 0 Å². The summed E-state index contributed by atoms with van der Waals surface area (Å²) in [6, 6.07) is 12.7. The fourth-order valence-corrected chi connectivity index (χ4v) is 3.36. The van der Waals surface area contributed by atoms with Crippen LogP contribution in [0.2, 0.25) is 0 Å². The Hall–Kier alpha value is -4.07. The van der Waals surface area contributed by atoms with E-state index in [1.54, 1.807) is 23.0 Å². The minimum atomic E-state index is -1.07. The van der Waals surface area contributed by atoms with Gasteiger partial charge in [-0.2, -0.15) is 5.10 Å². The summed E-state index contributed by atoms with van der Waals surface area (Å²) in [6.07, 6.45) is 3.13. The van der Waals surface area contributed by atoms with Crippen LogP contribution < -0.4 is 10.1 Å². The first-order valence-electron chi connectivity index (χ1n) is 9.23. The van der Waals surface area contributed by atoms with Gasteiger partial charge >= 0.3 is 5.97 Å². The molecule has 0 amide bonds. The van der Waals surface area contributed by atoms with Crippen LogP contribution >= 0.6 is 0 Å². The maximum atomic E-state index is 11.9. The summed E-state index contributed by atoms with van der Waals surface area (Å²) in [6.45, 7) is 3.87. The Kier molecular flexibility index (Phi) is 4.97. The number of aryl methyl sites for hydroxylation is 2. The van der Waals surface area contributed by atoms with Crippen molar-refractivity contribution < 1.29 is 19.2 Å². The third-order valence-corrected chi connectivity index (χ3v) is 4.84. The summed E-state index contributed by atoms with van der Waals surface area (Å²) >= 11 is 0. The van der Waals surface area contributed by atoms with E-state index in [1.165, 1.54) is 19.4 Å². The van der Waals surface area contributed by atoms with E-state index in [-0.39, 0.29) is 5.56 Å². The molecule has 0 bridgehead atoms. The quantitative estimate of drug-likeness (QED) is 0.484. The van der Waals surface area contributed by atoms with Crippen molar-refractivity contribution in [2.75, 3.05) is 12.4 Å². The summed E-state index contributed by atoms with van der Waals surface area (Å²) in [5.41, 5.74) is 4.64. The average Bonchev–Trinajstić information content (AvgIpc) is 3.36. The van der Waals surface area contributed by atoms with Crippen LogP contribution in [0.4, 0.5) is 11.5 Å². The lowest BCUT2D eigenvalue weighted by molar-refractivity contribution is 0.0697. The van der Waals surface area contributed by atoms with Crippen LogP contribution in [0.1, 0.15) is 21.6 Å². The Bertz CT molecular complexity index is 1210. The second kappa shape index (κ2) is 7.75. The molecular formula is C22H20N4O4. The molecule has 0 saturated carbocycles. The number of rotatable bonds is 6. The Balaban J connectivity index is 1.93. The highest BCUT2D eigenvalue weighted by Crippen LogP contribution is 2.37. The normalized spacial score (nSPS) is 10.8. The molecule has 2 aromatic carbocycles. The number of anilines is 2. The van der Waals surface area contributed by atoms with E-state index in [9.17, 15) is 9.90 Å². The number of aromatic nitrogens is 3. The van der Waals surface area contributed by atoms with Crippen LogP contribution in [-0.4, -0.2) is 33.1 Å². The number of carboxylic acids is 1. The van der Waals surface area contributed by atoms with Gasteiger partial charge in [0, 0.05) is 5.56 Å². The number of benzene rings is 2. The van der Waals surface area contributed by atoms with Gasteiger partial charge in [0.25, 0.3) is 0 Å². The van der Waals surface area contributed by atoms with Gasteiger partial charge in [0.2, 0.25) is 0 Å². The van der Waals surface area contributed by atoms with Gasteiger partial charge in [0.1, 0.15) is 17.8 Å². The highest BCUT2D eigenvalue weighted by Gasteiger charge is 2.22. The Morgan fingerprint density at radius 3 is 2.67 bits per heavy atom. The molecular weight excluding hydrogens is 384 g/mol. The molecule has 30 heavy (non-hydrogen) atoms. The molecule has 4 aromatic rings. The molecule has 2 N–H and O–H groups in total. The zero-order valence-electron chi connectivity index (χ0n) is 16.7. The van der Waals surface area contributed by atoms with Crippen molar-refractivity contribution in [1.82, 2.24) is 14.9 Å². The number of aromatic carboxylic acids is 1. The molecule has 152 valence electrons. The lowest BCUT2D eigenvalue weighted by atomic mass is 10.1. The Morgan fingerprint density at radius 1 is 1.20 bits per heavy atom. The molecule has 0 aliphatic carbocycles. The summed E-state index contributed by atoms with van der Waals surface area (Å²) < 4.78 is 12.0. The Morgan fingerprint density at radius 2 is 2.00 bits per heavy atom. The van der Waals surface area contributed by atoms with Gasteiger partial charge in [-0.15, -0.1) is 0 Å². The predicted octanol–water partition coefficient (Wildman–Crippen LogP) is 4.59. The van der Waals surface area contributed by atoms with Gasteiger partial charge in [-0.1, -0.05) is 23.4 Å². The van der Waals surface area contributed by atoms with Crippen LogP contribution in [0.25, 0.3) is 16.8 Å². The highest BCUT2D eigenvalue weighted by atomic mass is 16.5. The van der Waals surface area contributed by atoms with E-state index >= 15 is 0 Å². The molecule has 0 saturated heterocycles. The number of nitrogens with zero attached hydrogens (tertiary/aromatic N) is 3. The molecule has 8 heteroatoms. The van der Waals surface area contributed by atoms with Crippen LogP contribution in [0.3, 0.4) is 0 Å². The van der Waals surface area contributed by atoms with Crippen molar-refractivity contribution in [3.8, 4) is 22.6 Å². The van der Waals surface area contributed by atoms with Gasteiger partial charge in [0.05, 0.1) is 41.5 Å². The smallest absolute Gasteiger partial charge is 0.337 e. The minimum absolute atomic E-state index is 0.0841. The summed E-state index contributed by atoms with van der Waals surface area (Å²) in [4.78, 5) is 11.9. The number of para-hydroxylation sites is 1. The van der Waals surface area contributed by atoms with E-state index in [0.29, 0.717) is 17.3 Å². The molecule has 2 aromatic heterocycles. The van der Waals surface area contributed by atoms with Crippen molar-refractivity contribution in [1.29, 1.82) is 0 Å². The number of hydrogen-bond acceptors (Lipinski definition) is 6. The number of carboxylic acid groups (broad SMARTS) is 1. The van der Waals surface area contributed by atoms with Gasteiger partial charge < -0.3 is 19.7 Å². The maximum Gasteiger partial charge on any atom is 0.337 e. The van der Waals surface area contributed by atoms with Crippen LogP contribution in [0.15, 0.2) is 59.4 Å². The molecule has 0 atom stereocenters. The van der Waals surface area contributed by atoms with Crippen molar-refractivity contribution in [3.05, 3.63) is 71.7 Å². The molecule has 0 fully saturated rings. The molecule has 2 heterocycles. The molecule has 0 radical (unpaired) electrons. The van der Waals surface area contributed by atoms with Crippen LogP contribution in [0.5, 0.6) is 5.75 Å². The van der Waals surface area contributed by atoms with E-state index in [1.807, 2.05) is 38.1 Å². The predicted molar refractivity (Wildman–Crippen MR) is 112 cm³/mol. The standard InChI is InChI=1S/C22H20N4O4/c1-13-6-4-5-7-19(13)26-21(20(14(2)25-26)15-11-23-30-12-15)24-18-9-8-16(29-3)10-17(18)22(27)28/h4-12,24H,1-3H3,(H,27,28).